The van der Waals surface area contributed by atoms with Gasteiger partial charge >= 0.3 is 6.18 Å². The molecular formula is C13H15Cl2F3N2O2S. The van der Waals surface area contributed by atoms with Gasteiger partial charge in [0.15, 0.2) is 0 Å². The molecule has 0 fully saturated rings. The summed E-state index contributed by atoms with van der Waals surface area (Å²) in [5, 5.41) is 2.63. The molecule has 0 saturated heterocycles. The van der Waals surface area contributed by atoms with Gasteiger partial charge in [-0.25, -0.2) is 13.1 Å². The molecule has 0 radical (unpaired) electrons. The lowest BCUT2D eigenvalue weighted by molar-refractivity contribution is -0.137. The molecule has 0 amide bonds. The van der Waals surface area contributed by atoms with Crippen LogP contribution in [0.1, 0.15) is 12.0 Å². The van der Waals surface area contributed by atoms with E-state index < -0.39 is 26.8 Å². The average molecular weight is 391 g/mol. The third kappa shape index (κ3) is 5.36. The number of halogens is 5. The molecule has 0 aliphatic carbocycles. The Morgan fingerprint density at radius 2 is 2.00 bits per heavy atom. The van der Waals surface area contributed by atoms with Gasteiger partial charge in [-0.3, -0.25) is 0 Å². The number of sulfonamides is 1. The second-order valence-corrected chi connectivity index (χ2v) is 6.93. The van der Waals surface area contributed by atoms with Crippen molar-refractivity contribution in [2.24, 2.45) is 0 Å². The van der Waals surface area contributed by atoms with Gasteiger partial charge in [0.1, 0.15) is 4.90 Å². The van der Waals surface area contributed by atoms with Gasteiger partial charge in [0, 0.05) is 13.1 Å². The molecule has 0 saturated carbocycles. The van der Waals surface area contributed by atoms with Crippen LogP contribution in [0.15, 0.2) is 34.7 Å². The van der Waals surface area contributed by atoms with Crippen LogP contribution in [0.5, 0.6) is 0 Å². The lowest BCUT2D eigenvalue weighted by Gasteiger charge is -2.15. The van der Waals surface area contributed by atoms with Crippen molar-refractivity contribution in [3.63, 3.8) is 0 Å². The van der Waals surface area contributed by atoms with Gasteiger partial charge in [-0.1, -0.05) is 23.3 Å². The molecule has 1 aliphatic rings. The normalized spacial score (nSPS) is 15.7. The van der Waals surface area contributed by atoms with Crippen LogP contribution in [-0.2, 0) is 16.2 Å². The van der Waals surface area contributed by atoms with Crippen molar-refractivity contribution in [1.29, 1.82) is 0 Å². The summed E-state index contributed by atoms with van der Waals surface area (Å²) in [7, 11) is -3.96. The molecule has 0 spiro atoms. The Bertz CT molecular complexity index is 691. The SMILES string of the molecule is Cl.O=S(=O)(NCC1=CCNCC1)c1ccc(C(F)(F)F)cc1Cl. The van der Waals surface area contributed by atoms with E-state index in [-0.39, 0.29) is 23.8 Å². The van der Waals surface area contributed by atoms with Gasteiger partial charge in [-0.15, -0.1) is 12.4 Å². The van der Waals surface area contributed by atoms with E-state index in [1.807, 2.05) is 6.08 Å². The quantitative estimate of drug-likeness (QED) is 0.776. The van der Waals surface area contributed by atoms with Gasteiger partial charge < -0.3 is 5.32 Å². The third-order valence-electron chi connectivity index (χ3n) is 3.20. The van der Waals surface area contributed by atoms with Crippen LogP contribution in [-0.4, -0.2) is 28.1 Å². The molecule has 4 nitrogen and oxygen atoms in total. The summed E-state index contributed by atoms with van der Waals surface area (Å²) in [4.78, 5) is -0.364. The molecule has 23 heavy (non-hydrogen) atoms. The average Bonchev–Trinajstić information content (AvgIpc) is 2.45. The Labute approximate surface area is 143 Å². The minimum absolute atomic E-state index is 0. The fraction of sp³-hybridized carbons (Fsp3) is 0.385. The van der Waals surface area contributed by atoms with E-state index in [4.69, 9.17) is 11.6 Å². The van der Waals surface area contributed by atoms with Crippen molar-refractivity contribution in [2.75, 3.05) is 19.6 Å². The Morgan fingerprint density at radius 3 is 2.52 bits per heavy atom. The predicted octanol–water partition coefficient (Wildman–Crippen LogP) is 2.98. The third-order valence-corrected chi connectivity index (χ3v) is 5.08. The van der Waals surface area contributed by atoms with E-state index in [1.54, 1.807) is 0 Å². The summed E-state index contributed by atoms with van der Waals surface area (Å²) in [6.45, 7) is 1.54. The van der Waals surface area contributed by atoms with Crippen LogP contribution in [0.25, 0.3) is 0 Å². The first-order chi connectivity index (χ1) is 10.2. The monoisotopic (exact) mass is 390 g/mol. The molecule has 0 aromatic heterocycles. The molecule has 1 aromatic carbocycles. The summed E-state index contributed by atoms with van der Waals surface area (Å²) in [5.41, 5.74) is -0.0668. The van der Waals surface area contributed by atoms with Gasteiger partial charge in [0.05, 0.1) is 10.6 Å². The zero-order valence-corrected chi connectivity index (χ0v) is 14.2. The standard InChI is InChI=1S/C13H14ClF3N2O2S.ClH/c14-11-7-10(13(15,16)17)1-2-12(11)22(20,21)19-8-9-3-5-18-6-4-9;/h1-3,7,18-19H,4-6,8H2;1H. The van der Waals surface area contributed by atoms with Gasteiger partial charge in [0.2, 0.25) is 10.0 Å². The first-order valence-electron chi connectivity index (χ1n) is 6.45. The van der Waals surface area contributed by atoms with Crippen molar-refractivity contribution in [1.82, 2.24) is 10.0 Å². The maximum absolute atomic E-state index is 12.5. The van der Waals surface area contributed by atoms with E-state index in [1.165, 1.54) is 0 Å². The molecular weight excluding hydrogens is 376 g/mol. The molecule has 1 aliphatic heterocycles. The van der Waals surface area contributed by atoms with Crippen molar-refractivity contribution in [2.45, 2.75) is 17.5 Å². The fourth-order valence-electron chi connectivity index (χ4n) is 1.99. The molecule has 2 rings (SSSR count). The number of hydrogen-bond acceptors (Lipinski definition) is 3. The van der Waals surface area contributed by atoms with E-state index in [2.05, 4.69) is 10.0 Å². The summed E-state index contributed by atoms with van der Waals surface area (Å²) < 4.78 is 64.3. The first kappa shape index (κ1) is 20.2. The lowest BCUT2D eigenvalue weighted by atomic mass is 10.1. The zero-order chi connectivity index (χ0) is 16.4. The highest BCUT2D eigenvalue weighted by Gasteiger charge is 2.32. The molecule has 2 N–H and O–H groups in total. The first-order valence-corrected chi connectivity index (χ1v) is 8.31. The highest BCUT2D eigenvalue weighted by atomic mass is 35.5. The number of rotatable bonds is 4. The minimum Gasteiger partial charge on any atom is -0.313 e. The second-order valence-electron chi connectivity index (χ2n) is 4.78. The number of benzene rings is 1. The number of nitrogens with one attached hydrogen (secondary N) is 2. The van der Waals surface area contributed by atoms with Crippen LogP contribution >= 0.6 is 24.0 Å². The van der Waals surface area contributed by atoms with Gasteiger partial charge in [-0.05, 0) is 31.2 Å². The largest absolute Gasteiger partial charge is 0.416 e. The van der Waals surface area contributed by atoms with Crippen LogP contribution in [0.3, 0.4) is 0 Å². The topological polar surface area (TPSA) is 58.2 Å². The highest BCUT2D eigenvalue weighted by Crippen LogP contribution is 2.33. The van der Waals surface area contributed by atoms with E-state index in [9.17, 15) is 21.6 Å². The molecule has 0 atom stereocenters. The maximum Gasteiger partial charge on any atom is 0.416 e. The smallest absolute Gasteiger partial charge is 0.313 e. The van der Waals surface area contributed by atoms with Crippen molar-refractivity contribution >= 4 is 34.0 Å². The lowest BCUT2D eigenvalue weighted by Crippen LogP contribution is -2.30. The van der Waals surface area contributed by atoms with Crippen LogP contribution in [0.2, 0.25) is 5.02 Å². The predicted molar refractivity (Wildman–Crippen MR) is 84.5 cm³/mol. The van der Waals surface area contributed by atoms with E-state index in [0.29, 0.717) is 25.1 Å². The van der Waals surface area contributed by atoms with Crippen LogP contribution in [0, 0.1) is 0 Å². The van der Waals surface area contributed by atoms with E-state index >= 15 is 0 Å². The van der Waals surface area contributed by atoms with Crippen LogP contribution in [0.4, 0.5) is 13.2 Å². The Morgan fingerprint density at radius 1 is 1.30 bits per heavy atom. The summed E-state index contributed by atoms with van der Waals surface area (Å²) in [6, 6.07) is 2.18. The molecule has 1 aromatic rings. The Kier molecular flexibility index (Phi) is 6.91. The Balaban J connectivity index is 0.00000264. The Hall–Kier alpha value is -0.800. The molecule has 0 bridgehead atoms. The molecule has 0 unspecified atom stereocenters. The highest BCUT2D eigenvalue weighted by molar-refractivity contribution is 7.89. The molecule has 10 heteroatoms. The second kappa shape index (κ2) is 7.85. The van der Waals surface area contributed by atoms with Gasteiger partial charge in [0.25, 0.3) is 0 Å². The number of hydrogen-bond donors (Lipinski definition) is 2. The van der Waals surface area contributed by atoms with Crippen LogP contribution < -0.4 is 10.0 Å². The summed E-state index contributed by atoms with van der Waals surface area (Å²) in [6.07, 6.45) is -1.98. The van der Waals surface area contributed by atoms with E-state index in [0.717, 1.165) is 18.2 Å². The van der Waals surface area contributed by atoms with Crippen molar-refractivity contribution < 1.29 is 21.6 Å². The summed E-state index contributed by atoms with van der Waals surface area (Å²) >= 11 is 5.70. The molecule has 1 heterocycles. The zero-order valence-electron chi connectivity index (χ0n) is 11.8. The van der Waals surface area contributed by atoms with Crippen molar-refractivity contribution in [3.8, 4) is 0 Å². The summed E-state index contributed by atoms with van der Waals surface area (Å²) in [5.74, 6) is 0. The maximum atomic E-state index is 12.5. The minimum atomic E-state index is -4.57. The van der Waals surface area contributed by atoms with Crippen molar-refractivity contribution in [3.05, 3.63) is 40.4 Å². The molecule has 130 valence electrons. The number of alkyl halides is 3. The fourth-order valence-corrected chi connectivity index (χ4v) is 3.57. The van der Waals surface area contributed by atoms with Gasteiger partial charge in [-0.2, -0.15) is 13.2 Å².